The second kappa shape index (κ2) is 6.01. The maximum atomic E-state index is 12.6. The van der Waals surface area contributed by atoms with E-state index in [9.17, 15) is 13.2 Å². The van der Waals surface area contributed by atoms with Gasteiger partial charge < -0.3 is 9.15 Å². The van der Waals surface area contributed by atoms with Gasteiger partial charge in [-0.25, -0.2) is 13.2 Å². The summed E-state index contributed by atoms with van der Waals surface area (Å²) in [5.74, 6) is 0.257. The van der Waals surface area contributed by atoms with Crippen molar-refractivity contribution >= 4 is 26.7 Å². The van der Waals surface area contributed by atoms with Crippen LogP contribution in [0.4, 0.5) is 5.69 Å². The third-order valence-electron chi connectivity index (χ3n) is 3.52. The number of anilines is 1. The molecule has 0 saturated heterocycles. The van der Waals surface area contributed by atoms with Crippen molar-refractivity contribution in [1.82, 2.24) is 0 Å². The Bertz CT molecular complexity index is 1070. The summed E-state index contributed by atoms with van der Waals surface area (Å²) >= 11 is 0. The number of aryl methyl sites for hydroxylation is 1. The van der Waals surface area contributed by atoms with Crippen molar-refractivity contribution in [2.24, 2.45) is 0 Å². The van der Waals surface area contributed by atoms with Gasteiger partial charge in [-0.15, -0.1) is 0 Å². The van der Waals surface area contributed by atoms with E-state index in [2.05, 4.69) is 4.72 Å². The van der Waals surface area contributed by atoms with Crippen LogP contribution in [0.25, 0.3) is 11.0 Å². The lowest BCUT2D eigenvalue weighted by Crippen LogP contribution is -2.14. The first-order chi connectivity index (χ1) is 11.4. The summed E-state index contributed by atoms with van der Waals surface area (Å²) < 4.78 is 37.9. The summed E-state index contributed by atoms with van der Waals surface area (Å²) in [5, 5.41) is 0.632. The molecule has 0 aliphatic rings. The van der Waals surface area contributed by atoms with Crippen LogP contribution in [0, 0.1) is 6.92 Å². The van der Waals surface area contributed by atoms with Gasteiger partial charge in [0.1, 0.15) is 16.2 Å². The zero-order valence-electron chi connectivity index (χ0n) is 13.1. The molecule has 0 atom stereocenters. The molecule has 0 saturated carbocycles. The molecule has 7 heteroatoms. The van der Waals surface area contributed by atoms with E-state index in [0.717, 1.165) is 0 Å². The summed E-state index contributed by atoms with van der Waals surface area (Å²) in [4.78, 5) is 11.6. The quantitative estimate of drug-likeness (QED) is 0.735. The van der Waals surface area contributed by atoms with Gasteiger partial charge in [0.05, 0.1) is 7.11 Å². The summed E-state index contributed by atoms with van der Waals surface area (Å²) in [6, 6.07) is 12.7. The number of ether oxygens (including phenoxy) is 1. The van der Waals surface area contributed by atoms with E-state index in [4.69, 9.17) is 9.15 Å². The van der Waals surface area contributed by atoms with E-state index < -0.39 is 15.6 Å². The number of methoxy groups -OCH3 is 1. The first kappa shape index (κ1) is 16.1. The lowest BCUT2D eigenvalue weighted by atomic mass is 10.2. The van der Waals surface area contributed by atoms with Crippen molar-refractivity contribution in [3.63, 3.8) is 0 Å². The number of para-hydroxylation sites is 1. The molecule has 1 aromatic heterocycles. The van der Waals surface area contributed by atoms with Gasteiger partial charge in [-0.3, -0.25) is 4.72 Å². The standard InChI is InChI=1S/C17H15NO5S/c1-11-9-12-10-13(7-8-14(12)23-17(11)19)18-24(20,21)16-6-4-3-5-15(16)22-2/h3-10,18H,1-2H3. The fourth-order valence-corrected chi connectivity index (χ4v) is 3.56. The van der Waals surface area contributed by atoms with E-state index in [0.29, 0.717) is 22.2 Å². The molecule has 0 radical (unpaired) electrons. The molecule has 0 amide bonds. The third kappa shape index (κ3) is 2.98. The van der Waals surface area contributed by atoms with Gasteiger partial charge in [-0.05, 0) is 43.3 Å². The monoisotopic (exact) mass is 345 g/mol. The molecular weight excluding hydrogens is 330 g/mol. The molecule has 0 fully saturated rings. The Labute approximate surface area is 138 Å². The number of nitrogens with one attached hydrogen (secondary N) is 1. The lowest BCUT2D eigenvalue weighted by molar-refractivity contribution is 0.403. The number of hydrogen-bond acceptors (Lipinski definition) is 5. The van der Waals surface area contributed by atoms with Crippen LogP contribution in [-0.4, -0.2) is 15.5 Å². The van der Waals surface area contributed by atoms with Gasteiger partial charge >= 0.3 is 5.63 Å². The Hall–Kier alpha value is -2.80. The molecular formula is C17H15NO5S. The van der Waals surface area contributed by atoms with Gasteiger partial charge in [-0.1, -0.05) is 12.1 Å². The molecule has 0 unspecified atom stereocenters. The smallest absolute Gasteiger partial charge is 0.339 e. The summed E-state index contributed by atoms with van der Waals surface area (Å²) in [6.07, 6.45) is 0. The molecule has 0 spiro atoms. The molecule has 0 bridgehead atoms. The van der Waals surface area contributed by atoms with Crippen molar-refractivity contribution in [3.05, 3.63) is 64.5 Å². The van der Waals surface area contributed by atoms with Crippen molar-refractivity contribution < 1.29 is 17.6 Å². The maximum absolute atomic E-state index is 12.6. The summed E-state index contributed by atoms with van der Waals surface area (Å²) in [6.45, 7) is 1.64. The molecule has 124 valence electrons. The Morgan fingerprint density at radius 3 is 2.58 bits per heavy atom. The minimum Gasteiger partial charge on any atom is -0.495 e. The predicted octanol–water partition coefficient (Wildman–Crippen LogP) is 2.91. The highest BCUT2D eigenvalue weighted by atomic mass is 32.2. The number of hydrogen-bond donors (Lipinski definition) is 1. The fourth-order valence-electron chi connectivity index (χ4n) is 2.34. The largest absolute Gasteiger partial charge is 0.495 e. The van der Waals surface area contributed by atoms with Crippen molar-refractivity contribution in [3.8, 4) is 5.75 Å². The number of sulfonamides is 1. The zero-order valence-corrected chi connectivity index (χ0v) is 13.9. The third-order valence-corrected chi connectivity index (χ3v) is 4.94. The van der Waals surface area contributed by atoms with Crippen LogP contribution in [0.1, 0.15) is 5.56 Å². The first-order valence-electron chi connectivity index (χ1n) is 7.11. The van der Waals surface area contributed by atoms with Crippen molar-refractivity contribution in [1.29, 1.82) is 0 Å². The van der Waals surface area contributed by atoms with Crippen LogP contribution in [0.3, 0.4) is 0 Å². The van der Waals surface area contributed by atoms with Crippen LogP contribution in [0.2, 0.25) is 0 Å². The molecule has 6 nitrogen and oxygen atoms in total. The Morgan fingerprint density at radius 2 is 1.83 bits per heavy atom. The van der Waals surface area contributed by atoms with Gasteiger partial charge in [0, 0.05) is 16.6 Å². The SMILES string of the molecule is COc1ccccc1S(=O)(=O)Nc1ccc2oc(=O)c(C)cc2c1. The summed E-state index contributed by atoms with van der Waals surface area (Å²) in [5.41, 5.74) is 0.796. The van der Waals surface area contributed by atoms with Crippen LogP contribution >= 0.6 is 0 Å². The maximum Gasteiger partial charge on any atom is 0.339 e. The topological polar surface area (TPSA) is 85.6 Å². The number of benzene rings is 2. The second-order valence-electron chi connectivity index (χ2n) is 5.23. The highest BCUT2D eigenvalue weighted by Gasteiger charge is 2.19. The zero-order chi connectivity index (χ0) is 17.3. The van der Waals surface area contributed by atoms with Crippen molar-refractivity contribution in [2.75, 3.05) is 11.8 Å². The lowest BCUT2D eigenvalue weighted by Gasteiger charge is -2.11. The van der Waals surface area contributed by atoms with Gasteiger partial charge in [0.25, 0.3) is 10.0 Å². The minimum atomic E-state index is -3.81. The highest BCUT2D eigenvalue weighted by Crippen LogP contribution is 2.26. The van der Waals surface area contributed by atoms with E-state index in [1.165, 1.54) is 19.2 Å². The average Bonchev–Trinajstić information content (AvgIpc) is 2.56. The van der Waals surface area contributed by atoms with E-state index >= 15 is 0 Å². The van der Waals surface area contributed by atoms with Gasteiger partial charge in [-0.2, -0.15) is 0 Å². The summed E-state index contributed by atoms with van der Waals surface area (Å²) in [7, 11) is -2.40. The molecule has 2 aromatic carbocycles. The van der Waals surface area contributed by atoms with E-state index in [1.807, 2.05) is 0 Å². The normalized spacial score (nSPS) is 11.4. The molecule has 3 rings (SSSR count). The molecule has 1 heterocycles. The molecule has 0 aliphatic carbocycles. The van der Waals surface area contributed by atoms with E-state index in [-0.39, 0.29) is 10.6 Å². The first-order valence-corrected chi connectivity index (χ1v) is 8.59. The van der Waals surface area contributed by atoms with E-state index in [1.54, 1.807) is 43.3 Å². The Morgan fingerprint density at radius 1 is 1.08 bits per heavy atom. The number of fused-ring (bicyclic) bond motifs is 1. The van der Waals surface area contributed by atoms with Gasteiger partial charge in [0.2, 0.25) is 0 Å². The predicted molar refractivity (Wildman–Crippen MR) is 91.0 cm³/mol. The minimum absolute atomic E-state index is 0.0448. The Kier molecular flexibility index (Phi) is 4.02. The number of rotatable bonds is 4. The highest BCUT2D eigenvalue weighted by molar-refractivity contribution is 7.92. The Balaban J connectivity index is 2.02. The van der Waals surface area contributed by atoms with Crippen molar-refractivity contribution in [2.45, 2.75) is 11.8 Å². The van der Waals surface area contributed by atoms with Crippen LogP contribution < -0.4 is 15.1 Å². The van der Waals surface area contributed by atoms with Crippen LogP contribution in [0.15, 0.2) is 62.6 Å². The van der Waals surface area contributed by atoms with Crippen LogP contribution in [-0.2, 0) is 10.0 Å². The molecule has 0 aliphatic heterocycles. The van der Waals surface area contributed by atoms with Gasteiger partial charge in [0.15, 0.2) is 0 Å². The average molecular weight is 345 g/mol. The molecule has 24 heavy (non-hydrogen) atoms. The second-order valence-corrected chi connectivity index (χ2v) is 6.88. The van der Waals surface area contributed by atoms with Crippen LogP contribution in [0.5, 0.6) is 5.75 Å². The fraction of sp³-hybridized carbons (Fsp3) is 0.118. The molecule has 3 aromatic rings. The molecule has 1 N–H and O–H groups in total.